The van der Waals surface area contributed by atoms with E-state index in [-0.39, 0.29) is 12.4 Å². The number of carbonyl (C=O) groups excluding carboxylic acids is 1. The number of thiazole rings is 1. The molecule has 0 N–H and O–H groups in total. The van der Waals surface area contributed by atoms with Crippen LogP contribution in [0.4, 0.5) is 0 Å². The molecule has 0 fully saturated rings. The summed E-state index contributed by atoms with van der Waals surface area (Å²) in [5.41, 5.74) is 3.44. The van der Waals surface area contributed by atoms with Crippen LogP contribution in [0.15, 0.2) is 78.3 Å². The van der Waals surface area contributed by atoms with Crippen LogP contribution >= 0.6 is 22.9 Å². The molecule has 0 saturated carbocycles. The molecule has 4 aromatic rings. The molecule has 0 saturated heterocycles. The molecule has 2 aromatic carbocycles. The number of hydrogen-bond acceptors (Lipinski definition) is 5. The predicted octanol–water partition coefficient (Wildman–Crippen LogP) is 5.60. The molecule has 0 aliphatic carbocycles. The van der Waals surface area contributed by atoms with Crippen molar-refractivity contribution in [2.24, 2.45) is 0 Å². The third kappa shape index (κ3) is 5.08. The number of carbonyl (C=O) groups is 1. The average Bonchev–Trinajstić information content (AvgIpc) is 3.20. The fourth-order valence-corrected chi connectivity index (χ4v) is 3.89. The molecular formula is C23H17ClN2O2S. The smallest absolute Gasteiger partial charge is 0.317 e. The summed E-state index contributed by atoms with van der Waals surface area (Å²) in [7, 11) is 0. The highest BCUT2D eigenvalue weighted by molar-refractivity contribution is 7.13. The number of benzene rings is 2. The van der Waals surface area contributed by atoms with Crippen LogP contribution in [-0.2, 0) is 17.6 Å². The topological polar surface area (TPSA) is 52.1 Å². The van der Waals surface area contributed by atoms with Gasteiger partial charge in [-0.1, -0.05) is 48.0 Å². The van der Waals surface area contributed by atoms with Crippen LogP contribution in [0.2, 0.25) is 5.02 Å². The Hall–Kier alpha value is -3.02. The number of nitrogens with zero attached hydrogens (tertiary/aromatic N) is 2. The molecule has 0 spiro atoms. The van der Waals surface area contributed by atoms with Gasteiger partial charge in [0.25, 0.3) is 0 Å². The first-order valence-corrected chi connectivity index (χ1v) is 10.3. The summed E-state index contributed by atoms with van der Waals surface area (Å²) >= 11 is 7.61. The number of pyridine rings is 1. The van der Waals surface area contributed by atoms with Crippen LogP contribution in [0.3, 0.4) is 0 Å². The summed E-state index contributed by atoms with van der Waals surface area (Å²) in [6.45, 7) is 0. The minimum absolute atomic E-state index is 0.0940. The third-order valence-corrected chi connectivity index (χ3v) is 5.39. The Morgan fingerprint density at radius 1 is 1.03 bits per heavy atom. The molecule has 0 aliphatic heterocycles. The van der Waals surface area contributed by atoms with E-state index in [1.807, 2.05) is 60.0 Å². The van der Waals surface area contributed by atoms with Crippen LogP contribution in [0.5, 0.6) is 5.75 Å². The van der Waals surface area contributed by atoms with Gasteiger partial charge in [-0.25, -0.2) is 4.98 Å². The van der Waals surface area contributed by atoms with E-state index in [0.29, 0.717) is 22.9 Å². The van der Waals surface area contributed by atoms with Gasteiger partial charge in [0.1, 0.15) is 10.8 Å². The van der Waals surface area contributed by atoms with Gasteiger partial charge >= 0.3 is 5.97 Å². The van der Waals surface area contributed by atoms with Crippen molar-refractivity contribution in [3.8, 4) is 16.5 Å². The zero-order valence-corrected chi connectivity index (χ0v) is 17.0. The third-order valence-electron chi connectivity index (χ3n) is 4.24. The van der Waals surface area contributed by atoms with E-state index >= 15 is 0 Å². The van der Waals surface area contributed by atoms with E-state index in [1.54, 1.807) is 18.3 Å². The van der Waals surface area contributed by atoms with E-state index in [4.69, 9.17) is 16.3 Å². The highest BCUT2D eigenvalue weighted by atomic mass is 35.5. The van der Waals surface area contributed by atoms with Crippen molar-refractivity contribution in [1.82, 2.24) is 9.97 Å². The number of rotatable bonds is 6. The largest absolute Gasteiger partial charge is 0.426 e. The second kappa shape index (κ2) is 8.99. The summed E-state index contributed by atoms with van der Waals surface area (Å²) in [5.74, 6) is 0.155. The maximum atomic E-state index is 12.5. The summed E-state index contributed by atoms with van der Waals surface area (Å²) in [5, 5.41) is 3.25. The quantitative estimate of drug-likeness (QED) is 0.301. The molecule has 0 bridgehead atoms. The number of esters is 1. The minimum atomic E-state index is -0.362. The second-order valence-corrected chi connectivity index (χ2v) is 7.72. The lowest BCUT2D eigenvalue weighted by Gasteiger charge is -2.10. The molecule has 0 atom stereocenters. The highest BCUT2D eigenvalue weighted by Gasteiger charge is 2.14. The Labute approximate surface area is 177 Å². The number of hydrogen-bond donors (Lipinski definition) is 0. The van der Waals surface area contributed by atoms with Gasteiger partial charge in [0.05, 0.1) is 17.8 Å². The molecule has 4 rings (SSSR count). The van der Waals surface area contributed by atoms with Gasteiger partial charge in [-0.2, -0.15) is 0 Å². The van der Waals surface area contributed by atoms with Crippen molar-refractivity contribution < 1.29 is 9.53 Å². The molecule has 0 aliphatic rings. The number of aromatic nitrogens is 2. The van der Waals surface area contributed by atoms with Gasteiger partial charge in [0, 0.05) is 28.6 Å². The normalized spacial score (nSPS) is 10.7. The van der Waals surface area contributed by atoms with Gasteiger partial charge in [0.2, 0.25) is 0 Å². The minimum Gasteiger partial charge on any atom is -0.426 e. The summed E-state index contributed by atoms with van der Waals surface area (Å²) in [4.78, 5) is 21.3. The van der Waals surface area contributed by atoms with Crippen LogP contribution in [0.1, 0.15) is 16.8 Å². The molecule has 2 heterocycles. The fraction of sp³-hybridized carbons (Fsp3) is 0.0870. The Kier molecular flexibility index (Phi) is 5.98. The predicted molar refractivity (Wildman–Crippen MR) is 115 cm³/mol. The molecule has 4 nitrogen and oxygen atoms in total. The van der Waals surface area contributed by atoms with Crippen molar-refractivity contribution in [2.75, 3.05) is 0 Å². The molecule has 29 heavy (non-hydrogen) atoms. The van der Waals surface area contributed by atoms with Crippen molar-refractivity contribution in [2.45, 2.75) is 12.8 Å². The maximum absolute atomic E-state index is 12.5. The Balaban J connectivity index is 1.47. The van der Waals surface area contributed by atoms with Gasteiger partial charge < -0.3 is 4.74 Å². The second-order valence-electron chi connectivity index (χ2n) is 6.42. The Bertz CT molecular complexity index is 1110. The lowest BCUT2D eigenvalue weighted by Crippen LogP contribution is -2.12. The first-order valence-electron chi connectivity index (χ1n) is 9.06. The zero-order valence-electron chi connectivity index (χ0n) is 15.4. The van der Waals surface area contributed by atoms with E-state index < -0.39 is 0 Å². The van der Waals surface area contributed by atoms with Gasteiger partial charge in [-0.3, -0.25) is 9.78 Å². The molecule has 0 radical (unpaired) electrons. The molecule has 6 heteroatoms. The summed E-state index contributed by atoms with van der Waals surface area (Å²) < 4.78 is 5.64. The molecular weight excluding hydrogens is 404 g/mol. The summed E-state index contributed by atoms with van der Waals surface area (Å²) in [6.07, 6.45) is 2.45. The Morgan fingerprint density at radius 3 is 2.66 bits per heavy atom. The van der Waals surface area contributed by atoms with Crippen LogP contribution in [-0.4, -0.2) is 15.9 Å². The van der Waals surface area contributed by atoms with Crippen LogP contribution < -0.4 is 4.74 Å². The molecule has 2 aromatic heterocycles. The first-order chi connectivity index (χ1) is 14.2. The maximum Gasteiger partial charge on any atom is 0.317 e. The fourth-order valence-electron chi connectivity index (χ4n) is 2.90. The van der Waals surface area contributed by atoms with E-state index in [0.717, 1.165) is 21.8 Å². The van der Waals surface area contributed by atoms with Gasteiger partial charge in [0.15, 0.2) is 0 Å². The lowest BCUT2D eigenvalue weighted by atomic mass is 10.0. The van der Waals surface area contributed by atoms with Crippen molar-refractivity contribution in [3.63, 3.8) is 0 Å². The average molecular weight is 421 g/mol. The van der Waals surface area contributed by atoms with E-state index in [2.05, 4.69) is 9.97 Å². The van der Waals surface area contributed by atoms with Crippen molar-refractivity contribution in [3.05, 3.63) is 100 Å². The van der Waals surface area contributed by atoms with Gasteiger partial charge in [-0.15, -0.1) is 11.3 Å². The van der Waals surface area contributed by atoms with E-state index in [9.17, 15) is 4.79 Å². The molecule has 144 valence electrons. The molecule has 0 unspecified atom stereocenters. The number of halogens is 1. The monoisotopic (exact) mass is 420 g/mol. The highest BCUT2D eigenvalue weighted by Crippen LogP contribution is 2.26. The summed E-state index contributed by atoms with van der Waals surface area (Å²) in [6, 6.07) is 20.9. The van der Waals surface area contributed by atoms with Gasteiger partial charge in [-0.05, 0) is 35.9 Å². The number of ether oxygens (including phenoxy) is 1. The Morgan fingerprint density at radius 2 is 1.86 bits per heavy atom. The first kappa shape index (κ1) is 19.3. The standard InChI is InChI=1S/C23H17ClN2O2S/c24-18-9-10-21(17(13-18)12-16-6-2-1-3-7-16)28-22(27)14-19-15-29-23(26-19)20-8-4-5-11-25-20/h1-11,13,15H,12,14H2. The van der Waals surface area contributed by atoms with Crippen LogP contribution in [0, 0.1) is 0 Å². The molecule has 0 amide bonds. The van der Waals surface area contributed by atoms with Crippen molar-refractivity contribution in [1.29, 1.82) is 0 Å². The zero-order chi connectivity index (χ0) is 20.1. The lowest BCUT2D eigenvalue weighted by molar-refractivity contribution is -0.133. The SMILES string of the molecule is O=C(Cc1csc(-c2ccccn2)n1)Oc1ccc(Cl)cc1Cc1ccccc1. The van der Waals surface area contributed by atoms with Crippen molar-refractivity contribution >= 4 is 28.9 Å². The van der Waals surface area contributed by atoms with Crippen LogP contribution in [0.25, 0.3) is 10.7 Å². The van der Waals surface area contributed by atoms with E-state index in [1.165, 1.54) is 11.3 Å².